The molecule has 0 radical (unpaired) electrons. The highest BCUT2D eigenvalue weighted by molar-refractivity contribution is 7.47. The van der Waals surface area contributed by atoms with Crippen molar-refractivity contribution in [1.82, 2.24) is 5.32 Å². The molecule has 2 aromatic heterocycles. The van der Waals surface area contributed by atoms with Crippen molar-refractivity contribution in [2.75, 3.05) is 33.4 Å². The van der Waals surface area contributed by atoms with Gasteiger partial charge in [0.2, 0.25) is 0 Å². The van der Waals surface area contributed by atoms with Crippen LogP contribution in [0.1, 0.15) is 182 Å². The zero-order valence-corrected chi connectivity index (χ0v) is 37.4. The number of aryl methyl sites for hydroxylation is 5. The maximum atomic E-state index is 12.7. The lowest BCUT2D eigenvalue weighted by Gasteiger charge is -2.20. The highest BCUT2D eigenvalue weighted by Crippen LogP contribution is 2.43. The van der Waals surface area contributed by atoms with Gasteiger partial charge in [0.15, 0.2) is 6.10 Å². The minimum Gasteiger partial charge on any atom is -0.466 e. The van der Waals surface area contributed by atoms with Gasteiger partial charge in [0.25, 0.3) is 0 Å². The summed E-state index contributed by atoms with van der Waals surface area (Å²) >= 11 is 0. The van der Waals surface area contributed by atoms with Crippen LogP contribution in [0.2, 0.25) is 0 Å². The number of nitrogens with one attached hydrogen (secondary N) is 1. The lowest BCUT2D eigenvalue weighted by atomic mass is 10.0. The van der Waals surface area contributed by atoms with E-state index >= 15 is 0 Å². The van der Waals surface area contributed by atoms with Crippen molar-refractivity contribution < 1.29 is 46.4 Å². The number of furan rings is 2. The molecule has 0 spiro atoms. The fourth-order valence-electron chi connectivity index (χ4n) is 6.96. The number of hydrogen-bond acceptors (Lipinski definition) is 10. The molecule has 0 amide bonds. The number of likely N-dealkylation sites (N-methyl/N-ethyl adjacent to an activating group) is 1. The average Bonchev–Trinajstić information content (AvgIpc) is 3.66. The van der Waals surface area contributed by atoms with Gasteiger partial charge in [-0.2, -0.15) is 0 Å². The van der Waals surface area contributed by atoms with Gasteiger partial charge < -0.3 is 28.5 Å². The van der Waals surface area contributed by atoms with E-state index in [4.69, 9.17) is 27.4 Å². The fourth-order valence-corrected chi connectivity index (χ4v) is 7.71. The minimum absolute atomic E-state index is 0.0284. The van der Waals surface area contributed by atoms with E-state index in [0.717, 1.165) is 119 Å². The number of hydrogen-bond donors (Lipinski definition) is 2. The fraction of sp³-hybridized carbons (Fsp3) is 0.778. The summed E-state index contributed by atoms with van der Waals surface area (Å²) in [5.74, 6) is 3.68. The lowest BCUT2D eigenvalue weighted by molar-refractivity contribution is -0.161. The molecule has 1 unspecified atom stereocenters. The molecule has 0 aromatic carbocycles. The van der Waals surface area contributed by atoms with Crippen molar-refractivity contribution in [1.29, 1.82) is 0 Å². The van der Waals surface area contributed by atoms with E-state index in [2.05, 4.69) is 46.0 Å². The normalized spacial score (nSPS) is 13.2. The first-order valence-electron chi connectivity index (χ1n) is 22.3. The van der Waals surface area contributed by atoms with Crippen LogP contribution in [0.15, 0.2) is 14.9 Å². The van der Waals surface area contributed by atoms with Crippen LogP contribution in [-0.2, 0) is 58.4 Å². The van der Waals surface area contributed by atoms with Crippen molar-refractivity contribution >= 4 is 19.8 Å². The number of carbonyl (C=O) groups excluding carboxylic acids is 2. The third-order valence-electron chi connectivity index (χ3n) is 10.5. The Morgan fingerprint density at radius 3 is 1.74 bits per heavy atom. The van der Waals surface area contributed by atoms with E-state index in [1.807, 2.05) is 0 Å². The van der Waals surface area contributed by atoms with Crippen molar-refractivity contribution in [3.05, 3.63) is 45.8 Å². The molecule has 0 aliphatic heterocycles. The number of unbranched alkanes of at least 4 members (excludes halogenated alkanes) is 14. The predicted molar refractivity (Wildman–Crippen MR) is 227 cm³/mol. The molecule has 12 heteroatoms. The predicted octanol–water partition coefficient (Wildman–Crippen LogP) is 11.3. The molecule has 0 saturated heterocycles. The first-order chi connectivity index (χ1) is 27.5. The molecule has 0 bridgehead atoms. The second-order valence-corrected chi connectivity index (χ2v) is 17.1. The molecule has 2 N–H and O–H groups in total. The molecule has 0 fully saturated rings. The Labute approximate surface area is 344 Å². The van der Waals surface area contributed by atoms with E-state index < -0.39 is 32.5 Å². The number of phosphoric ester groups is 1. The molecule has 57 heavy (non-hydrogen) atoms. The van der Waals surface area contributed by atoms with E-state index in [0.29, 0.717) is 19.4 Å². The highest BCUT2D eigenvalue weighted by Gasteiger charge is 2.26. The summed E-state index contributed by atoms with van der Waals surface area (Å²) in [7, 11) is -2.67. The number of rotatable bonds is 36. The average molecular weight is 824 g/mol. The molecule has 2 aromatic rings. The molecule has 2 rings (SSSR count). The lowest BCUT2D eigenvalue weighted by Crippen LogP contribution is -2.29. The molecule has 11 nitrogen and oxygen atoms in total. The van der Waals surface area contributed by atoms with Crippen molar-refractivity contribution in [2.45, 2.75) is 195 Å². The van der Waals surface area contributed by atoms with Gasteiger partial charge in [-0.3, -0.25) is 18.6 Å². The van der Waals surface area contributed by atoms with Crippen molar-refractivity contribution in [2.24, 2.45) is 0 Å². The topological polar surface area (TPSA) is 147 Å². The number of ether oxygens (including phenoxy) is 2. The van der Waals surface area contributed by atoms with Gasteiger partial charge in [-0.15, -0.1) is 0 Å². The maximum absolute atomic E-state index is 12.7. The molecule has 0 saturated carbocycles. The third-order valence-corrected chi connectivity index (χ3v) is 11.5. The Morgan fingerprint density at radius 2 is 1.18 bits per heavy atom. The number of carbonyl (C=O) groups is 2. The van der Waals surface area contributed by atoms with Gasteiger partial charge >= 0.3 is 19.8 Å². The molecule has 0 aliphatic rings. The van der Waals surface area contributed by atoms with Crippen LogP contribution < -0.4 is 5.32 Å². The standard InChI is InChI=1S/C45H78NO10P/c1-7-25-39-33-36(3)41(54-39)27-21-17-13-9-12-16-20-24-30-45(48)55-40(35-53-57(49,50)52-32-31-46-6)34-51-44(47)29-23-19-15-11-10-14-18-22-28-43-38(5)37(4)42(56-43)26-8-2/h33,40,46H,7-32,34-35H2,1-6H3,(H,49,50)/t40-/m1/s1. The Morgan fingerprint density at radius 1 is 0.667 bits per heavy atom. The summed E-state index contributed by atoms with van der Waals surface area (Å²) in [5.41, 5.74) is 3.89. The number of phosphoric acid groups is 1. The summed E-state index contributed by atoms with van der Waals surface area (Å²) in [6.07, 6.45) is 22.6. The van der Waals surface area contributed by atoms with Gasteiger partial charge in [0.1, 0.15) is 29.6 Å². The van der Waals surface area contributed by atoms with Crippen LogP contribution in [-0.4, -0.2) is 56.3 Å². The molecular formula is C45H78NO10P. The second-order valence-electron chi connectivity index (χ2n) is 15.7. The summed E-state index contributed by atoms with van der Waals surface area (Å²) < 4.78 is 45.4. The second kappa shape index (κ2) is 30.6. The number of esters is 2. The summed E-state index contributed by atoms with van der Waals surface area (Å²) in [5, 5.41) is 2.82. The first kappa shape index (κ1) is 50.7. The zero-order valence-electron chi connectivity index (χ0n) is 36.5. The van der Waals surface area contributed by atoms with E-state index in [1.165, 1.54) is 48.8 Å². The van der Waals surface area contributed by atoms with Gasteiger partial charge in [-0.1, -0.05) is 90.9 Å². The van der Waals surface area contributed by atoms with Gasteiger partial charge in [0.05, 0.1) is 13.2 Å². The molecule has 0 aliphatic carbocycles. The van der Waals surface area contributed by atoms with Crippen molar-refractivity contribution in [3.8, 4) is 0 Å². The highest BCUT2D eigenvalue weighted by atomic mass is 31.2. The smallest absolute Gasteiger partial charge is 0.466 e. The summed E-state index contributed by atoms with van der Waals surface area (Å²) in [6, 6.07) is 2.17. The van der Waals surface area contributed by atoms with Crippen LogP contribution >= 0.6 is 7.82 Å². The summed E-state index contributed by atoms with van der Waals surface area (Å²) in [6.45, 7) is 10.5. The minimum atomic E-state index is -4.37. The van der Waals surface area contributed by atoms with Gasteiger partial charge in [-0.05, 0) is 89.1 Å². The zero-order chi connectivity index (χ0) is 41.7. The quantitative estimate of drug-likeness (QED) is 0.0384. The Hall–Kier alpha value is -2.43. The van der Waals surface area contributed by atoms with Crippen LogP contribution in [0, 0.1) is 20.8 Å². The molecule has 2 heterocycles. The largest absolute Gasteiger partial charge is 0.472 e. The monoisotopic (exact) mass is 824 g/mol. The van der Waals surface area contributed by atoms with Crippen LogP contribution in [0.4, 0.5) is 0 Å². The van der Waals surface area contributed by atoms with Crippen LogP contribution in [0.5, 0.6) is 0 Å². The van der Waals surface area contributed by atoms with E-state index in [1.54, 1.807) is 7.05 Å². The van der Waals surface area contributed by atoms with Gasteiger partial charge in [0, 0.05) is 45.1 Å². The SMILES string of the molecule is CCCc1cc(C)c(CCCCCCCCCCC(=O)O[C@H](COC(=O)CCCCCCCCCCc2oc(CCC)c(C)c2C)COP(=O)(O)OCCNC)o1. The Kier molecular flexibility index (Phi) is 27.2. The summed E-state index contributed by atoms with van der Waals surface area (Å²) in [4.78, 5) is 35.2. The van der Waals surface area contributed by atoms with Gasteiger partial charge in [-0.25, -0.2) is 4.57 Å². The first-order valence-corrected chi connectivity index (χ1v) is 23.8. The molecular weight excluding hydrogens is 745 g/mol. The molecule has 2 atom stereocenters. The van der Waals surface area contributed by atoms with E-state index in [9.17, 15) is 19.0 Å². The van der Waals surface area contributed by atoms with E-state index in [-0.39, 0.29) is 26.1 Å². The van der Waals surface area contributed by atoms with Crippen LogP contribution in [0.3, 0.4) is 0 Å². The maximum Gasteiger partial charge on any atom is 0.472 e. The third kappa shape index (κ3) is 23.1. The van der Waals surface area contributed by atoms with Crippen LogP contribution in [0.25, 0.3) is 0 Å². The Balaban J connectivity index is 1.59. The van der Waals surface area contributed by atoms with Crippen molar-refractivity contribution in [3.63, 3.8) is 0 Å². The molecule has 328 valence electrons. The Bertz CT molecular complexity index is 1420.